The number of methoxy groups -OCH3 is 1. The molecule has 0 radical (unpaired) electrons. The number of nitrogens with two attached hydrogens (primary N) is 2. The quantitative estimate of drug-likeness (QED) is 0.376. The monoisotopic (exact) mass is 447 g/mol. The van der Waals surface area contributed by atoms with E-state index in [0.717, 1.165) is 6.07 Å². The molecule has 3 aromatic rings. The first-order chi connectivity index (χ1) is 15.2. The third kappa shape index (κ3) is 4.94. The van der Waals surface area contributed by atoms with Crippen LogP contribution >= 0.6 is 0 Å². The summed E-state index contributed by atoms with van der Waals surface area (Å²) in [6, 6.07) is 3.06. The molecule has 11 heteroatoms. The summed E-state index contributed by atoms with van der Waals surface area (Å²) in [5.41, 5.74) is 12.1. The van der Waals surface area contributed by atoms with Crippen LogP contribution in [-0.4, -0.2) is 46.5 Å². The summed E-state index contributed by atoms with van der Waals surface area (Å²) in [5, 5.41) is 10.7. The minimum absolute atomic E-state index is 0.0183. The number of halogens is 2. The second-order valence-corrected chi connectivity index (χ2v) is 7.46. The Morgan fingerprint density at radius 3 is 2.69 bits per heavy atom. The summed E-state index contributed by atoms with van der Waals surface area (Å²) < 4.78 is 35.6. The minimum Gasteiger partial charge on any atom is -0.383 e. The SMILES string of the molecule is CC[C@H](N)[C@@H](C)Nc1nc(Nc2cc(F)cc3c2cnn3CCOC)c(C(N)=O)cc1F. The Hall–Kier alpha value is -3.31. The predicted molar refractivity (Wildman–Crippen MR) is 119 cm³/mol. The Morgan fingerprint density at radius 2 is 2.03 bits per heavy atom. The van der Waals surface area contributed by atoms with Crippen LogP contribution in [0.25, 0.3) is 10.9 Å². The second-order valence-electron chi connectivity index (χ2n) is 7.46. The molecule has 0 saturated carbocycles. The lowest BCUT2D eigenvalue weighted by Gasteiger charge is -2.21. The first kappa shape index (κ1) is 23.4. The Balaban J connectivity index is 2.03. The molecule has 0 aliphatic rings. The van der Waals surface area contributed by atoms with Crippen LogP contribution in [0.4, 0.5) is 26.1 Å². The third-order valence-electron chi connectivity index (χ3n) is 5.21. The van der Waals surface area contributed by atoms with Crippen LogP contribution in [0.15, 0.2) is 24.4 Å². The number of hydrogen-bond donors (Lipinski definition) is 4. The van der Waals surface area contributed by atoms with E-state index >= 15 is 0 Å². The van der Waals surface area contributed by atoms with Crippen molar-refractivity contribution in [3.63, 3.8) is 0 Å². The lowest BCUT2D eigenvalue weighted by molar-refractivity contribution is 0.100. The van der Waals surface area contributed by atoms with Crippen LogP contribution < -0.4 is 22.1 Å². The van der Waals surface area contributed by atoms with Crippen LogP contribution in [0.1, 0.15) is 30.6 Å². The lowest BCUT2D eigenvalue weighted by atomic mass is 10.1. The number of carbonyl (C=O) groups excluding carboxylic acids is 1. The molecule has 1 aromatic carbocycles. The largest absolute Gasteiger partial charge is 0.383 e. The molecule has 2 atom stereocenters. The van der Waals surface area contributed by atoms with Crippen molar-refractivity contribution < 1.29 is 18.3 Å². The van der Waals surface area contributed by atoms with Gasteiger partial charge in [-0.05, 0) is 31.5 Å². The van der Waals surface area contributed by atoms with Gasteiger partial charge in [0.05, 0.1) is 36.1 Å². The first-order valence-corrected chi connectivity index (χ1v) is 10.2. The van der Waals surface area contributed by atoms with Crippen LogP contribution in [0.5, 0.6) is 0 Å². The fourth-order valence-electron chi connectivity index (χ4n) is 3.28. The van der Waals surface area contributed by atoms with Crippen molar-refractivity contribution >= 4 is 34.1 Å². The zero-order chi connectivity index (χ0) is 23.4. The molecule has 1 amide bonds. The highest BCUT2D eigenvalue weighted by atomic mass is 19.1. The normalized spacial score (nSPS) is 13.2. The summed E-state index contributed by atoms with van der Waals surface area (Å²) in [7, 11) is 1.56. The molecule has 0 aliphatic heterocycles. The number of nitrogens with zero attached hydrogens (tertiary/aromatic N) is 3. The number of hydrogen-bond acceptors (Lipinski definition) is 7. The van der Waals surface area contributed by atoms with Gasteiger partial charge in [0.15, 0.2) is 11.6 Å². The van der Waals surface area contributed by atoms with Crippen LogP contribution in [0, 0.1) is 11.6 Å². The topological polar surface area (TPSA) is 133 Å². The summed E-state index contributed by atoms with van der Waals surface area (Å²) in [6.07, 6.45) is 2.23. The number of amides is 1. The fraction of sp³-hybridized carbons (Fsp3) is 0.381. The number of aromatic nitrogens is 3. The smallest absolute Gasteiger partial charge is 0.252 e. The molecule has 3 rings (SSSR count). The number of fused-ring (bicyclic) bond motifs is 1. The van der Waals surface area contributed by atoms with E-state index in [1.807, 2.05) is 6.92 Å². The van der Waals surface area contributed by atoms with E-state index in [1.165, 1.54) is 12.1 Å². The maximum absolute atomic E-state index is 14.6. The highest BCUT2D eigenvalue weighted by Crippen LogP contribution is 2.30. The zero-order valence-corrected chi connectivity index (χ0v) is 18.2. The number of rotatable bonds is 10. The van der Waals surface area contributed by atoms with Gasteiger partial charge in [0.1, 0.15) is 11.6 Å². The summed E-state index contributed by atoms with van der Waals surface area (Å²) in [4.78, 5) is 16.2. The van der Waals surface area contributed by atoms with Crippen molar-refractivity contribution in [2.45, 2.75) is 38.9 Å². The van der Waals surface area contributed by atoms with Crippen molar-refractivity contribution in [3.8, 4) is 0 Å². The van der Waals surface area contributed by atoms with Gasteiger partial charge in [-0.2, -0.15) is 5.10 Å². The molecule has 2 aromatic heterocycles. The average molecular weight is 447 g/mol. The number of benzene rings is 1. The van der Waals surface area contributed by atoms with E-state index < -0.39 is 17.5 Å². The van der Waals surface area contributed by atoms with E-state index in [2.05, 4.69) is 20.7 Å². The van der Waals surface area contributed by atoms with Gasteiger partial charge < -0.3 is 26.8 Å². The van der Waals surface area contributed by atoms with E-state index in [4.69, 9.17) is 16.2 Å². The van der Waals surface area contributed by atoms with Crippen molar-refractivity contribution in [3.05, 3.63) is 41.6 Å². The highest BCUT2D eigenvalue weighted by molar-refractivity contribution is 6.00. The van der Waals surface area contributed by atoms with Crippen LogP contribution in [-0.2, 0) is 11.3 Å². The first-order valence-electron chi connectivity index (χ1n) is 10.2. The average Bonchev–Trinajstić information content (AvgIpc) is 3.16. The van der Waals surface area contributed by atoms with Gasteiger partial charge in [-0.3, -0.25) is 9.48 Å². The number of ether oxygens (including phenoxy) is 1. The van der Waals surface area contributed by atoms with Gasteiger partial charge in [0.25, 0.3) is 5.91 Å². The number of anilines is 3. The highest BCUT2D eigenvalue weighted by Gasteiger charge is 2.20. The molecule has 0 unspecified atom stereocenters. The van der Waals surface area contributed by atoms with E-state index in [-0.39, 0.29) is 29.3 Å². The van der Waals surface area contributed by atoms with Gasteiger partial charge in [0, 0.05) is 24.6 Å². The van der Waals surface area contributed by atoms with Crippen LogP contribution in [0.2, 0.25) is 0 Å². The lowest BCUT2D eigenvalue weighted by Crippen LogP contribution is -2.38. The van der Waals surface area contributed by atoms with E-state index in [9.17, 15) is 13.6 Å². The standard InChI is InChI=1S/C21H27F2N7O2/c1-4-16(24)11(2)27-21-15(23)9-13(19(25)31)20(29-21)28-17-7-12(22)8-18-14(17)10-26-30(18)5-6-32-3/h7-11,16H,4-6,24H2,1-3H3,(H2,25,31)(H2,27,28,29)/t11-,16+/m1/s1. The number of nitrogens with one attached hydrogen (secondary N) is 2. The molecule has 6 N–H and O–H groups in total. The summed E-state index contributed by atoms with van der Waals surface area (Å²) in [6.45, 7) is 4.54. The van der Waals surface area contributed by atoms with Gasteiger partial charge >= 0.3 is 0 Å². The molecule has 0 bridgehead atoms. The maximum atomic E-state index is 14.6. The summed E-state index contributed by atoms with van der Waals surface area (Å²) in [5.74, 6) is -2.28. The van der Waals surface area contributed by atoms with Crippen molar-refractivity contribution in [1.29, 1.82) is 0 Å². The molecule has 0 spiro atoms. The van der Waals surface area contributed by atoms with Crippen molar-refractivity contribution in [1.82, 2.24) is 14.8 Å². The number of pyridine rings is 1. The fourth-order valence-corrected chi connectivity index (χ4v) is 3.28. The van der Waals surface area contributed by atoms with Gasteiger partial charge in [-0.1, -0.05) is 6.92 Å². The van der Waals surface area contributed by atoms with Crippen molar-refractivity contribution in [2.24, 2.45) is 11.5 Å². The van der Waals surface area contributed by atoms with E-state index in [1.54, 1.807) is 24.9 Å². The minimum atomic E-state index is -0.882. The molecular weight excluding hydrogens is 420 g/mol. The third-order valence-corrected chi connectivity index (χ3v) is 5.21. The maximum Gasteiger partial charge on any atom is 0.252 e. The zero-order valence-electron chi connectivity index (χ0n) is 18.2. The van der Waals surface area contributed by atoms with Crippen LogP contribution in [0.3, 0.4) is 0 Å². The molecule has 2 heterocycles. The van der Waals surface area contributed by atoms with Gasteiger partial charge in [-0.25, -0.2) is 13.8 Å². The second kappa shape index (κ2) is 9.88. The molecular formula is C21H27F2N7O2. The van der Waals surface area contributed by atoms with Crippen molar-refractivity contribution in [2.75, 3.05) is 24.4 Å². The summed E-state index contributed by atoms with van der Waals surface area (Å²) >= 11 is 0. The Kier molecular flexibility index (Phi) is 7.21. The molecule has 0 fully saturated rings. The number of carbonyl (C=O) groups is 1. The molecule has 0 saturated heterocycles. The molecule has 32 heavy (non-hydrogen) atoms. The Labute approximate surface area is 184 Å². The molecule has 172 valence electrons. The Morgan fingerprint density at radius 1 is 1.28 bits per heavy atom. The number of primary amides is 1. The molecule has 9 nitrogen and oxygen atoms in total. The predicted octanol–water partition coefficient (Wildman–Crippen LogP) is 2.74. The Bertz CT molecular complexity index is 1120. The molecule has 0 aliphatic carbocycles. The van der Waals surface area contributed by atoms with Gasteiger partial charge in [0.2, 0.25) is 0 Å². The van der Waals surface area contributed by atoms with Gasteiger partial charge in [-0.15, -0.1) is 0 Å². The van der Waals surface area contributed by atoms with E-state index in [0.29, 0.717) is 36.2 Å².